The molecule has 0 N–H and O–H groups in total. The van der Waals surface area contributed by atoms with Gasteiger partial charge in [-0.3, -0.25) is 9.59 Å². The second-order valence-corrected chi connectivity index (χ2v) is 7.96. The molecule has 7 heteroatoms. The van der Waals surface area contributed by atoms with E-state index in [0.717, 1.165) is 24.2 Å². The molecule has 0 saturated carbocycles. The van der Waals surface area contributed by atoms with E-state index < -0.39 is 0 Å². The van der Waals surface area contributed by atoms with Gasteiger partial charge in [-0.15, -0.1) is 0 Å². The summed E-state index contributed by atoms with van der Waals surface area (Å²) in [5, 5.41) is 0.652. The molecule has 1 aromatic rings. The molecular weight excluding hydrogens is 368 g/mol. The second kappa shape index (κ2) is 8.07. The largest absolute Gasteiger partial charge is 0.492 e. The standard InChI is InChI=1S/C20H25ClN2O4/c21-17-3-4-18-15(11-17)10-16(13-27-18)20(25)23-5-1-2-14(12-23)19(24)22-6-8-26-9-7-22/h3-4,11,14,16H,1-2,5-10,12-13H2. The molecule has 3 aliphatic rings. The fourth-order valence-electron chi connectivity index (χ4n) is 4.20. The van der Waals surface area contributed by atoms with Crippen LogP contribution in [0.5, 0.6) is 5.75 Å². The van der Waals surface area contributed by atoms with Crippen LogP contribution >= 0.6 is 11.6 Å². The number of nitrogens with zero attached hydrogens (tertiary/aromatic N) is 2. The molecule has 0 bridgehead atoms. The molecule has 0 aromatic heterocycles. The third-order valence-electron chi connectivity index (χ3n) is 5.68. The lowest BCUT2D eigenvalue weighted by molar-refractivity contribution is -0.145. The molecule has 0 aliphatic carbocycles. The number of fused-ring (bicyclic) bond motifs is 1. The summed E-state index contributed by atoms with van der Waals surface area (Å²) >= 11 is 6.08. The first-order chi connectivity index (χ1) is 13.1. The zero-order chi connectivity index (χ0) is 18.8. The van der Waals surface area contributed by atoms with E-state index >= 15 is 0 Å². The van der Waals surface area contributed by atoms with E-state index in [4.69, 9.17) is 21.1 Å². The molecule has 2 atom stereocenters. The average molecular weight is 393 g/mol. The summed E-state index contributed by atoms with van der Waals surface area (Å²) in [6, 6.07) is 5.53. The van der Waals surface area contributed by atoms with Gasteiger partial charge in [0.25, 0.3) is 0 Å². The summed E-state index contributed by atoms with van der Waals surface area (Å²) in [5.74, 6) is 0.732. The number of carbonyl (C=O) groups is 2. The van der Waals surface area contributed by atoms with Crippen LogP contribution in [0.3, 0.4) is 0 Å². The Morgan fingerprint density at radius 2 is 1.81 bits per heavy atom. The molecule has 0 spiro atoms. The first-order valence-corrected chi connectivity index (χ1v) is 10.1. The fraction of sp³-hybridized carbons (Fsp3) is 0.600. The lowest BCUT2D eigenvalue weighted by Crippen LogP contribution is -2.51. The van der Waals surface area contributed by atoms with E-state index in [2.05, 4.69) is 0 Å². The Balaban J connectivity index is 1.39. The van der Waals surface area contributed by atoms with Gasteiger partial charge in [0.1, 0.15) is 12.4 Å². The number of amides is 2. The normalized spacial score (nSPS) is 25.5. The van der Waals surface area contributed by atoms with Crippen molar-refractivity contribution in [3.8, 4) is 5.75 Å². The number of benzene rings is 1. The minimum Gasteiger partial charge on any atom is -0.492 e. The predicted molar refractivity (Wildman–Crippen MR) is 101 cm³/mol. The molecule has 27 heavy (non-hydrogen) atoms. The van der Waals surface area contributed by atoms with Gasteiger partial charge < -0.3 is 19.3 Å². The monoisotopic (exact) mass is 392 g/mol. The zero-order valence-corrected chi connectivity index (χ0v) is 16.1. The van der Waals surface area contributed by atoms with Gasteiger partial charge in [-0.2, -0.15) is 0 Å². The van der Waals surface area contributed by atoms with Gasteiger partial charge in [0.05, 0.1) is 25.0 Å². The quantitative estimate of drug-likeness (QED) is 0.772. The Morgan fingerprint density at radius 1 is 1.04 bits per heavy atom. The maximum Gasteiger partial charge on any atom is 0.229 e. The van der Waals surface area contributed by atoms with E-state index in [1.54, 1.807) is 6.07 Å². The maximum atomic E-state index is 13.1. The predicted octanol–water partition coefficient (Wildman–Crippen LogP) is 1.99. The van der Waals surface area contributed by atoms with Gasteiger partial charge in [0, 0.05) is 31.2 Å². The van der Waals surface area contributed by atoms with E-state index in [0.29, 0.717) is 57.4 Å². The minimum absolute atomic E-state index is 0.0834. The third kappa shape index (κ3) is 4.06. The number of ether oxygens (including phenoxy) is 2. The number of piperidine rings is 1. The van der Waals surface area contributed by atoms with Crippen molar-refractivity contribution in [2.24, 2.45) is 11.8 Å². The van der Waals surface area contributed by atoms with Crippen LogP contribution in [-0.2, 0) is 20.7 Å². The Bertz CT molecular complexity index is 720. The molecule has 146 valence electrons. The van der Waals surface area contributed by atoms with E-state index in [1.165, 1.54) is 0 Å². The molecule has 2 amide bonds. The van der Waals surface area contributed by atoms with Crippen molar-refractivity contribution in [2.75, 3.05) is 46.0 Å². The van der Waals surface area contributed by atoms with Gasteiger partial charge >= 0.3 is 0 Å². The minimum atomic E-state index is -0.215. The van der Waals surface area contributed by atoms with Crippen molar-refractivity contribution >= 4 is 23.4 Å². The number of rotatable bonds is 2. The maximum absolute atomic E-state index is 13.1. The van der Waals surface area contributed by atoms with Gasteiger partial charge in [-0.05, 0) is 43.0 Å². The van der Waals surface area contributed by atoms with Crippen LogP contribution in [0.4, 0.5) is 0 Å². The van der Waals surface area contributed by atoms with Crippen molar-refractivity contribution in [2.45, 2.75) is 19.3 Å². The molecule has 6 nitrogen and oxygen atoms in total. The van der Waals surface area contributed by atoms with Crippen LogP contribution in [0.25, 0.3) is 0 Å². The van der Waals surface area contributed by atoms with E-state index in [9.17, 15) is 9.59 Å². The van der Waals surface area contributed by atoms with Crippen molar-refractivity contribution in [1.82, 2.24) is 9.80 Å². The summed E-state index contributed by atoms with van der Waals surface area (Å²) in [4.78, 5) is 29.6. The van der Waals surface area contributed by atoms with Gasteiger partial charge in [0.2, 0.25) is 11.8 Å². The first kappa shape index (κ1) is 18.6. The van der Waals surface area contributed by atoms with Crippen LogP contribution < -0.4 is 4.74 Å². The number of halogens is 1. The van der Waals surface area contributed by atoms with Gasteiger partial charge in [-0.1, -0.05) is 11.6 Å². The Morgan fingerprint density at radius 3 is 2.63 bits per heavy atom. The average Bonchev–Trinajstić information content (AvgIpc) is 2.73. The summed E-state index contributed by atoms with van der Waals surface area (Å²) in [6.45, 7) is 4.10. The molecule has 3 aliphatic heterocycles. The van der Waals surface area contributed by atoms with E-state index in [-0.39, 0.29) is 23.7 Å². The highest BCUT2D eigenvalue weighted by molar-refractivity contribution is 6.30. The van der Waals surface area contributed by atoms with Crippen LogP contribution in [0, 0.1) is 11.8 Å². The summed E-state index contributed by atoms with van der Waals surface area (Å²) < 4.78 is 11.1. The van der Waals surface area contributed by atoms with Crippen LogP contribution in [-0.4, -0.2) is 67.6 Å². The number of morpholine rings is 1. The first-order valence-electron chi connectivity index (χ1n) is 9.68. The molecule has 3 heterocycles. The van der Waals surface area contributed by atoms with Crippen molar-refractivity contribution < 1.29 is 19.1 Å². The molecule has 1 aromatic carbocycles. The zero-order valence-electron chi connectivity index (χ0n) is 15.4. The van der Waals surface area contributed by atoms with Crippen LogP contribution in [0.2, 0.25) is 5.02 Å². The molecule has 0 radical (unpaired) electrons. The van der Waals surface area contributed by atoms with Gasteiger partial charge in [0.15, 0.2) is 0 Å². The SMILES string of the molecule is O=C(C1CCCN(C(=O)C2COc3ccc(Cl)cc3C2)C1)N1CCOCC1. The van der Waals surface area contributed by atoms with Crippen LogP contribution in [0.1, 0.15) is 18.4 Å². The van der Waals surface area contributed by atoms with Crippen molar-refractivity contribution in [3.05, 3.63) is 28.8 Å². The molecule has 2 saturated heterocycles. The lowest BCUT2D eigenvalue weighted by Gasteiger charge is -2.38. The molecule has 2 unspecified atom stereocenters. The summed E-state index contributed by atoms with van der Waals surface area (Å²) in [6.07, 6.45) is 2.34. The van der Waals surface area contributed by atoms with Crippen molar-refractivity contribution in [3.63, 3.8) is 0 Å². The highest BCUT2D eigenvalue weighted by Gasteiger charge is 2.35. The number of hydrogen-bond donors (Lipinski definition) is 0. The lowest BCUT2D eigenvalue weighted by atomic mass is 9.92. The fourth-order valence-corrected chi connectivity index (χ4v) is 4.40. The van der Waals surface area contributed by atoms with Crippen LogP contribution in [0.15, 0.2) is 18.2 Å². The number of hydrogen-bond acceptors (Lipinski definition) is 4. The molecular formula is C20H25ClN2O4. The molecule has 2 fully saturated rings. The van der Waals surface area contributed by atoms with Gasteiger partial charge in [-0.25, -0.2) is 0 Å². The third-order valence-corrected chi connectivity index (χ3v) is 5.92. The Hall–Kier alpha value is -1.79. The Kier molecular flexibility index (Phi) is 5.55. The highest BCUT2D eigenvalue weighted by Crippen LogP contribution is 2.31. The number of carbonyl (C=O) groups excluding carboxylic acids is 2. The van der Waals surface area contributed by atoms with E-state index in [1.807, 2.05) is 21.9 Å². The van der Waals surface area contributed by atoms with Crippen molar-refractivity contribution in [1.29, 1.82) is 0 Å². The number of likely N-dealkylation sites (tertiary alicyclic amines) is 1. The summed E-state index contributed by atoms with van der Waals surface area (Å²) in [7, 11) is 0. The Labute approximate surface area is 164 Å². The second-order valence-electron chi connectivity index (χ2n) is 7.53. The topological polar surface area (TPSA) is 59.1 Å². The highest BCUT2D eigenvalue weighted by atomic mass is 35.5. The molecule has 4 rings (SSSR count). The summed E-state index contributed by atoms with van der Waals surface area (Å²) in [5.41, 5.74) is 0.977. The smallest absolute Gasteiger partial charge is 0.229 e.